The molecule has 0 bridgehead atoms. The van der Waals surface area contributed by atoms with Crippen LogP contribution in [0.25, 0.3) is 22.3 Å². The van der Waals surface area contributed by atoms with Gasteiger partial charge in [0.2, 0.25) is 5.91 Å². The molecular weight excluding hydrogens is 1210 g/mol. The van der Waals surface area contributed by atoms with Gasteiger partial charge in [0.25, 0.3) is 0 Å². The summed E-state index contributed by atoms with van der Waals surface area (Å²) in [6.07, 6.45) is 3.01. The molecule has 0 unspecified atom stereocenters. The van der Waals surface area contributed by atoms with Gasteiger partial charge in [-0.25, -0.2) is 0 Å². The number of nitrogens with one attached hydrogen (secondary N) is 1. The van der Waals surface area contributed by atoms with Gasteiger partial charge in [-0.3, -0.25) is 29.5 Å². The number of carbonyl (C=O) groups excluding carboxylic acids is 5. The number of halogens is 1. The van der Waals surface area contributed by atoms with E-state index in [0.29, 0.717) is 103 Å². The SMILES string of the molecule is COc1cc(OC)c(-c2cc(CN(CC(=O)[O-])CC(=O)[O-])nc(CN(CCCCCCNC(=O)CI)Cc3cc(-c4c(OC)cc(OC)cc4OC)cc(CN(CC(=O)[O-])CC(=O)[O-])n3)c2)c(OC)c1.[Dy+3].[Na+]. The number of rotatable bonds is 32. The molecule has 21 nitrogen and oxygen atoms in total. The van der Waals surface area contributed by atoms with Crippen molar-refractivity contribution in [3.8, 4) is 56.8 Å². The van der Waals surface area contributed by atoms with Crippen molar-refractivity contribution in [2.45, 2.75) is 51.9 Å². The minimum absolute atomic E-state index is 0. The maximum absolute atomic E-state index is 11.8. The van der Waals surface area contributed by atoms with Gasteiger partial charge < -0.3 is 73.3 Å². The molecule has 0 aliphatic rings. The van der Waals surface area contributed by atoms with E-state index >= 15 is 0 Å². The molecule has 0 aliphatic carbocycles. The third kappa shape index (κ3) is 20.6. The zero-order valence-electron chi connectivity index (χ0n) is 41.3. The van der Waals surface area contributed by atoms with Crippen LogP contribution in [0.3, 0.4) is 0 Å². The van der Waals surface area contributed by atoms with Gasteiger partial charge in [0.05, 0.1) is 105 Å². The number of carbonyl (C=O) groups is 5. The van der Waals surface area contributed by atoms with Crippen molar-refractivity contribution in [3.63, 3.8) is 0 Å². The van der Waals surface area contributed by atoms with Crippen molar-refractivity contribution in [2.24, 2.45) is 0 Å². The van der Waals surface area contributed by atoms with Gasteiger partial charge in [0.1, 0.15) is 34.5 Å². The molecule has 2 aromatic carbocycles. The molecule has 0 aliphatic heterocycles. The van der Waals surface area contributed by atoms with Crippen LogP contribution >= 0.6 is 22.6 Å². The number of carboxylic acid groups (broad SMARTS) is 4. The number of hydrogen-bond acceptors (Lipinski definition) is 20. The zero-order valence-corrected chi connectivity index (χ0v) is 47.5. The number of carboxylic acids is 4. The molecule has 387 valence electrons. The second-order valence-electron chi connectivity index (χ2n) is 15.9. The quantitative estimate of drug-likeness (QED) is 0.0216. The van der Waals surface area contributed by atoms with E-state index in [-0.39, 0.29) is 99.8 Å². The number of nitrogens with zero attached hydrogens (tertiary/aromatic N) is 5. The summed E-state index contributed by atoms with van der Waals surface area (Å²) >= 11 is 2.00. The van der Waals surface area contributed by atoms with E-state index in [1.54, 1.807) is 48.5 Å². The van der Waals surface area contributed by atoms with Crippen LogP contribution in [-0.2, 0) is 50.2 Å². The molecule has 0 spiro atoms. The van der Waals surface area contributed by atoms with Crippen LogP contribution < -0.4 is 83.7 Å². The number of aliphatic carboxylic acids is 4. The first-order valence-electron chi connectivity index (χ1n) is 21.9. The van der Waals surface area contributed by atoms with E-state index < -0.39 is 50.1 Å². The van der Waals surface area contributed by atoms with E-state index in [4.69, 9.17) is 38.4 Å². The van der Waals surface area contributed by atoms with Crippen LogP contribution in [0.5, 0.6) is 34.5 Å². The zero-order chi connectivity index (χ0) is 51.3. The summed E-state index contributed by atoms with van der Waals surface area (Å²) in [6, 6.07) is 13.6. The molecule has 0 saturated heterocycles. The number of ether oxygens (including phenoxy) is 6. The van der Waals surface area contributed by atoms with Crippen LogP contribution in [0, 0.1) is 38.2 Å². The second-order valence-corrected chi connectivity index (χ2v) is 16.6. The number of unbranched alkanes of at least 4 members (excludes halogenated alkanes) is 3. The number of alkyl halides is 1. The van der Waals surface area contributed by atoms with E-state index in [0.717, 1.165) is 29.1 Å². The van der Waals surface area contributed by atoms with Gasteiger partial charge in [-0.2, -0.15) is 0 Å². The molecule has 2 aromatic heterocycles. The number of methoxy groups -OCH3 is 6. The fraction of sp³-hybridized carbons (Fsp3) is 0.438. The summed E-state index contributed by atoms with van der Waals surface area (Å²) in [4.78, 5) is 73.0. The molecule has 0 saturated carbocycles. The summed E-state index contributed by atoms with van der Waals surface area (Å²) in [5.41, 5.74) is 3.61. The number of pyridine rings is 2. The maximum atomic E-state index is 11.8. The topological polar surface area (TPSA) is 280 Å². The minimum Gasteiger partial charge on any atom is -0.549 e. The van der Waals surface area contributed by atoms with Crippen molar-refractivity contribution in [2.75, 3.05) is 86.4 Å². The maximum Gasteiger partial charge on any atom is 3.00 e. The molecule has 0 atom stereocenters. The normalized spacial score (nSPS) is 10.8. The average molecular weight is 1270 g/mol. The van der Waals surface area contributed by atoms with Crippen molar-refractivity contribution >= 4 is 52.4 Å². The smallest absolute Gasteiger partial charge is 0.549 e. The van der Waals surface area contributed by atoms with E-state index in [2.05, 4.69) is 10.2 Å². The van der Waals surface area contributed by atoms with Crippen LogP contribution in [0.1, 0.15) is 48.5 Å². The number of hydrogen-bond donors (Lipinski definition) is 1. The van der Waals surface area contributed by atoms with Crippen LogP contribution in [0.2, 0.25) is 0 Å². The molecule has 24 heteroatoms. The first kappa shape index (κ1) is 63.9. The molecule has 2 heterocycles. The fourth-order valence-electron chi connectivity index (χ4n) is 7.78. The van der Waals surface area contributed by atoms with Gasteiger partial charge in [-0.1, -0.05) is 35.4 Å². The summed E-state index contributed by atoms with van der Waals surface area (Å²) in [5, 5.41) is 49.9. The van der Waals surface area contributed by atoms with Crippen LogP contribution in [0.15, 0.2) is 48.5 Å². The van der Waals surface area contributed by atoms with Crippen molar-refractivity contribution in [3.05, 3.63) is 71.3 Å². The van der Waals surface area contributed by atoms with E-state index in [1.165, 1.54) is 42.7 Å². The van der Waals surface area contributed by atoms with Crippen molar-refractivity contribution in [1.29, 1.82) is 0 Å². The first-order valence-corrected chi connectivity index (χ1v) is 23.4. The van der Waals surface area contributed by atoms with E-state index in [9.17, 15) is 44.4 Å². The Bertz CT molecular complexity index is 2220. The average Bonchev–Trinajstić information content (AvgIpc) is 3.31. The predicted molar refractivity (Wildman–Crippen MR) is 254 cm³/mol. The number of benzene rings is 2. The Morgan fingerprint density at radius 1 is 0.500 bits per heavy atom. The molecular formula is C48H57DyIN6NaO15. The molecule has 72 heavy (non-hydrogen) atoms. The van der Waals surface area contributed by atoms with Gasteiger partial charge in [-0.05, 0) is 54.8 Å². The molecule has 1 radical (unpaired) electrons. The molecule has 4 aromatic rings. The Kier molecular flexibility index (Phi) is 29.1. The fourth-order valence-corrected chi connectivity index (χ4v) is 8.05. The monoisotopic (exact) mass is 1270 g/mol. The van der Waals surface area contributed by atoms with Crippen molar-refractivity contribution < 1.29 is 141 Å². The number of aromatic nitrogens is 2. The molecule has 0 fully saturated rings. The Morgan fingerprint density at radius 3 is 1.11 bits per heavy atom. The van der Waals surface area contributed by atoms with Crippen LogP contribution in [-0.4, -0.2) is 141 Å². The van der Waals surface area contributed by atoms with Crippen LogP contribution in [0.4, 0.5) is 0 Å². The summed E-state index contributed by atoms with van der Waals surface area (Å²) < 4.78 is 34.5. The summed E-state index contributed by atoms with van der Waals surface area (Å²) in [6.45, 7) is -2.08. The standard InChI is InChI=1S/C48H61IN6O15.Dy.Na/c1-65-36-17-38(67-3)47(39(18-36)68-4)30-13-32(51-34(15-30)24-54(26-43(57)58)27-44(59)60)22-53(12-10-8-7-9-11-50-42(56)21-49)23-33-14-31(48-40(69-5)19-37(66-2)20-41(48)70-6)16-35(52-33)25-55(28-45(61)62)29-46(63)64;;/h13-20H,7-12,21-29H2,1-6H3,(H,50,56)(H,57,58)(H,59,60)(H,61,62)(H,63,64);;/q;+3;+1/p-4. The van der Waals surface area contributed by atoms with E-state index in [1.807, 2.05) is 22.6 Å². The van der Waals surface area contributed by atoms with Crippen molar-refractivity contribution in [1.82, 2.24) is 30.0 Å². The minimum atomic E-state index is -1.50. The third-order valence-electron chi connectivity index (χ3n) is 10.7. The first-order chi connectivity index (χ1) is 33.5. The Morgan fingerprint density at radius 2 is 0.819 bits per heavy atom. The largest absolute Gasteiger partial charge is 3.00 e. The Labute approximate surface area is 484 Å². The summed E-state index contributed by atoms with van der Waals surface area (Å²) in [7, 11) is 8.89. The third-order valence-corrected chi connectivity index (χ3v) is 11.4. The van der Waals surface area contributed by atoms with Gasteiger partial charge >= 0.3 is 67.7 Å². The Balaban J connectivity index is 0.00000888. The Hall–Kier alpha value is -4.23. The second kappa shape index (κ2) is 32.9. The van der Waals surface area contributed by atoms with Gasteiger partial charge in [0.15, 0.2) is 0 Å². The van der Waals surface area contributed by atoms with Gasteiger partial charge in [-0.15, -0.1) is 0 Å². The predicted octanol–water partition coefficient (Wildman–Crippen LogP) is -3.42. The molecule has 1 amide bonds. The molecule has 4 rings (SSSR count). The van der Waals surface area contributed by atoms with Gasteiger partial charge in [0, 0.05) is 83.2 Å². The summed E-state index contributed by atoms with van der Waals surface area (Å²) in [5.74, 6) is -3.68. The molecule has 1 N–H and O–H groups in total. The number of amides is 1.